The number of aliphatic hydroxyl groups excluding tert-OH is 1. The summed E-state index contributed by atoms with van der Waals surface area (Å²) < 4.78 is 1.64. The number of nitrogens with zero attached hydrogens (tertiary/aromatic N) is 3. The molecule has 1 unspecified atom stereocenters. The molecule has 0 aliphatic carbocycles. The molecule has 6 heteroatoms. The number of aromatic nitrogens is 2. The number of benzene rings is 1. The Morgan fingerprint density at radius 1 is 1.04 bits per heavy atom. The van der Waals surface area contributed by atoms with Crippen molar-refractivity contribution >= 4 is 17.3 Å². The van der Waals surface area contributed by atoms with Crippen LogP contribution in [0.2, 0.25) is 0 Å². The topological polar surface area (TPSA) is 74.9 Å². The fourth-order valence-corrected chi connectivity index (χ4v) is 2.79. The summed E-state index contributed by atoms with van der Waals surface area (Å²) in [5, 5.41) is 10.3. The second kappa shape index (κ2) is 6.72. The van der Waals surface area contributed by atoms with E-state index in [-0.39, 0.29) is 5.69 Å². The maximum absolute atomic E-state index is 13.0. The van der Waals surface area contributed by atoms with Crippen molar-refractivity contribution in [2.24, 2.45) is 0 Å². The van der Waals surface area contributed by atoms with Crippen LogP contribution in [0.25, 0.3) is 16.9 Å². The van der Waals surface area contributed by atoms with Gasteiger partial charge in [0.25, 0.3) is 5.91 Å². The molecule has 1 aromatic carbocycles. The Labute approximate surface area is 151 Å². The lowest BCUT2D eigenvalue weighted by Gasteiger charge is -2.15. The average Bonchev–Trinajstić information content (AvgIpc) is 2.98. The van der Waals surface area contributed by atoms with Crippen molar-refractivity contribution in [3.8, 4) is 11.3 Å². The molecule has 26 heavy (non-hydrogen) atoms. The van der Waals surface area contributed by atoms with Crippen LogP contribution in [0.3, 0.4) is 0 Å². The summed E-state index contributed by atoms with van der Waals surface area (Å²) in [6.07, 6.45) is 0.00901. The zero-order chi connectivity index (χ0) is 19.0. The monoisotopic (exact) mass is 351 g/mol. The number of Topliss-reactive ketones (excluding diaryl/α,β-unsaturated/α-hetero) is 1. The molecule has 0 fully saturated rings. The standard InChI is InChI=1S/C20H21N3O3/c1-12-5-8-14(9-6-12)16-17(18(24)19(25)20(26)22(3)4)23-11-13(2)7-10-15(23)21-16/h5-11,19,25H,1-4H3. The number of carbonyl (C=O) groups is 2. The molecule has 2 aromatic heterocycles. The van der Waals surface area contributed by atoms with Gasteiger partial charge in [0.05, 0.1) is 0 Å². The number of imidazole rings is 1. The minimum atomic E-state index is -1.77. The van der Waals surface area contributed by atoms with Crippen LogP contribution in [0.4, 0.5) is 0 Å². The first kappa shape index (κ1) is 17.8. The summed E-state index contributed by atoms with van der Waals surface area (Å²) in [7, 11) is 3.00. The van der Waals surface area contributed by atoms with E-state index < -0.39 is 17.8 Å². The molecule has 134 valence electrons. The maximum Gasteiger partial charge on any atom is 0.259 e. The second-order valence-corrected chi connectivity index (χ2v) is 6.61. The molecule has 0 saturated heterocycles. The Kier molecular flexibility index (Phi) is 4.61. The molecule has 0 bridgehead atoms. The fraction of sp³-hybridized carbons (Fsp3) is 0.250. The van der Waals surface area contributed by atoms with E-state index >= 15 is 0 Å². The third-order valence-corrected chi connectivity index (χ3v) is 4.25. The molecule has 1 amide bonds. The van der Waals surface area contributed by atoms with Crippen molar-refractivity contribution in [1.82, 2.24) is 14.3 Å². The number of rotatable bonds is 4. The van der Waals surface area contributed by atoms with Crippen LogP contribution in [-0.2, 0) is 4.79 Å². The number of aliphatic hydroxyl groups is 1. The van der Waals surface area contributed by atoms with Crippen molar-refractivity contribution in [3.63, 3.8) is 0 Å². The van der Waals surface area contributed by atoms with Gasteiger partial charge in [-0.2, -0.15) is 0 Å². The number of carbonyl (C=O) groups excluding carboxylic acids is 2. The highest BCUT2D eigenvalue weighted by molar-refractivity contribution is 6.14. The van der Waals surface area contributed by atoms with Gasteiger partial charge in [-0.05, 0) is 25.5 Å². The summed E-state index contributed by atoms with van der Waals surface area (Å²) >= 11 is 0. The van der Waals surface area contributed by atoms with Gasteiger partial charge in [0.1, 0.15) is 17.0 Å². The Hall–Kier alpha value is -2.99. The zero-order valence-electron chi connectivity index (χ0n) is 15.2. The molecule has 0 saturated carbocycles. The number of likely N-dealkylation sites (N-methyl/N-ethyl adjacent to an activating group) is 1. The first-order chi connectivity index (χ1) is 12.3. The summed E-state index contributed by atoms with van der Waals surface area (Å²) in [4.78, 5) is 30.8. The Morgan fingerprint density at radius 3 is 2.27 bits per heavy atom. The van der Waals surface area contributed by atoms with Crippen LogP contribution < -0.4 is 0 Å². The number of ketones is 1. The van der Waals surface area contributed by atoms with E-state index in [9.17, 15) is 14.7 Å². The normalized spacial score (nSPS) is 12.2. The van der Waals surface area contributed by atoms with Crippen molar-refractivity contribution in [2.45, 2.75) is 20.0 Å². The van der Waals surface area contributed by atoms with E-state index in [4.69, 9.17) is 0 Å². The van der Waals surface area contributed by atoms with Gasteiger partial charge in [0.15, 0.2) is 6.10 Å². The largest absolute Gasteiger partial charge is 0.376 e. The SMILES string of the molecule is Cc1ccc(-c2nc3ccc(C)cn3c2C(=O)C(O)C(=O)N(C)C)cc1. The highest BCUT2D eigenvalue weighted by Gasteiger charge is 2.31. The van der Waals surface area contributed by atoms with E-state index in [2.05, 4.69) is 4.98 Å². The van der Waals surface area contributed by atoms with Crippen LogP contribution in [0.1, 0.15) is 21.6 Å². The molecule has 0 aliphatic rings. The third-order valence-electron chi connectivity index (χ3n) is 4.25. The Bertz CT molecular complexity index is 987. The predicted octanol–water partition coefficient (Wildman–Crippen LogP) is 2.25. The number of hydrogen-bond donors (Lipinski definition) is 1. The number of aryl methyl sites for hydroxylation is 2. The average molecular weight is 351 g/mol. The molecular weight excluding hydrogens is 330 g/mol. The van der Waals surface area contributed by atoms with Gasteiger partial charge in [-0.3, -0.25) is 14.0 Å². The van der Waals surface area contributed by atoms with Crippen LogP contribution in [-0.4, -0.2) is 51.3 Å². The quantitative estimate of drug-likeness (QED) is 0.578. The molecule has 3 rings (SSSR count). The van der Waals surface area contributed by atoms with Crippen LogP contribution in [0.5, 0.6) is 0 Å². The summed E-state index contributed by atoms with van der Waals surface area (Å²) in [5.74, 6) is -1.33. The molecule has 0 spiro atoms. The maximum atomic E-state index is 13.0. The minimum Gasteiger partial charge on any atom is -0.376 e. The van der Waals surface area contributed by atoms with Crippen LogP contribution in [0.15, 0.2) is 42.6 Å². The zero-order valence-corrected chi connectivity index (χ0v) is 15.2. The van der Waals surface area contributed by atoms with Gasteiger partial charge in [0.2, 0.25) is 5.78 Å². The molecule has 1 N–H and O–H groups in total. The molecular formula is C20H21N3O3. The van der Waals surface area contributed by atoms with E-state index in [0.717, 1.165) is 16.7 Å². The van der Waals surface area contributed by atoms with E-state index in [1.54, 1.807) is 10.6 Å². The number of hydrogen-bond acceptors (Lipinski definition) is 4. The van der Waals surface area contributed by atoms with E-state index in [1.165, 1.54) is 19.0 Å². The van der Waals surface area contributed by atoms with Crippen molar-refractivity contribution in [2.75, 3.05) is 14.1 Å². The smallest absolute Gasteiger partial charge is 0.259 e. The molecule has 6 nitrogen and oxygen atoms in total. The molecule has 0 aliphatic heterocycles. The highest BCUT2D eigenvalue weighted by atomic mass is 16.3. The second-order valence-electron chi connectivity index (χ2n) is 6.61. The highest BCUT2D eigenvalue weighted by Crippen LogP contribution is 2.26. The van der Waals surface area contributed by atoms with Crippen molar-refractivity contribution in [3.05, 3.63) is 59.4 Å². The summed E-state index contributed by atoms with van der Waals surface area (Å²) in [6.45, 7) is 3.88. The molecule has 1 atom stereocenters. The first-order valence-corrected chi connectivity index (χ1v) is 8.29. The number of fused-ring (bicyclic) bond motifs is 1. The Morgan fingerprint density at radius 2 is 1.65 bits per heavy atom. The van der Waals surface area contributed by atoms with Crippen molar-refractivity contribution in [1.29, 1.82) is 0 Å². The lowest BCUT2D eigenvalue weighted by atomic mass is 10.0. The third kappa shape index (κ3) is 3.11. The van der Waals surface area contributed by atoms with E-state index in [1.807, 2.05) is 50.2 Å². The fourth-order valence-electron chi connectivity index (χ4n) is 2.79. The first-order valence-electron chi connectivity index (χ1n) is 8.29. The minimum absolute atomic E-state index is 0.204. The van der Waals surface area contributed by atoms with Gasteiger partial charge in [0, 0.05) is 25.9 Å². The molecule has 2 heterocycles. The van der Waals surface area contributed by atoms with E-state index in [0.29, 0.717) is 11.3 Å². The van der Waals surface area contributed by atoms with Crippen molar-refractivity contribution < 1.29 is 14.7 Å². The van der Waals surface area contributed by atoms with Gasteiger partial charge >= 0.3 is 0 Å². The van der Waals surface area contributed by atoms with Gasteiger partial charge in [-0.15, -0.1) is 0 Å². The molecule has 0 radical (unpaired) electrons. The Balaban J connectivity index is 2.22. The summed E-state index contributed by atoms with van der Waals surface area (Å²) in [6, 6.07) is 11.3. The van der Waals surface area contributed by atoms with Crippen LogP contribution >= 0.6 is 0 Å². The predicted molar refractivity (Wildman–Crippen MR) is 99.1 cm³/mol. The lowest BCUT2D eigenvalue weighted by molar-refractivity contribution is -0.135. The molecule has 3 aromatic rings. The number of pyridine rings is 1. The summed E-state index contributed by atoms with van der Waals surface area (Å²) in [5.41, 5.74) is 4.02. The number of amides is 1. The lowest BCUT2D eigenvalue weighted by Crippen LogP contribution is -2.39. The van der Waals surface area contributed by atoms with Gasteiger partial charge in [-0.1, -0.05) is 35.9 Å². The van der Waals surface area contributed by atoms with Crippen LogP contribution in [0, 0.1) is 13.8 Å². The van der Waals surface area contributed by atoms with Gasteiger partial charge in [-0.25, -0.2) is 4.98 Å². The van der Waals surface area contributed by atoms with Gasteiger partial charge < -0.3 is 10.0 Å².